The van der Waals surface area contributed by atoms with E-state index in [1.165, 1.54) is 25.7 Å². The molecule has 4 bridgehead atoms. The van der Waals surface area contributed by atoms with Gasteiger partial charge in [-0.3, -0.25) is 9.59 Å². The molecule has 0 spiro atoms. The second-order valence-corrected chi connectivity index (χ2v) is 11.5. The summed E-state index contributed by atoms with van der Waals surface area (Å²) >= 11 is 0. The molecule has 0 aromatic carbocycles. The Morgan fingerprint density at radius 1 is 0.750 bits per heavy atom. The Kier molecular flexibility index (Phi) is 1.52. The van der Waals surface area contributed by atoms with Crippen LogP contribution in [0.1, 0.15) is 52.4 Å². The third-order valence-electron chi connectivity index (χ3n) is 12.1. The van der Waals surface area contributed by atoms with Crippen molar-refractivity contribution >= 4 is 11.6 Å². The van der Waals surface area contributed by atoms with Crippen molar-refractivity contribution in [1.82, 2.24) is 0 Å². The number of Topliss-reactive ketones (excluding diaryl/α,β-unsaturated/α-hetero) is 2. The summed E-state index contributed by atoms with van der Waals surface area (Å²) in [7, 11) is 0. The fraction of sp³-hybridized carbons (Fsp3) is 0.909. The van der Waals surface area contributed by atoms with Gasteiger partial charge in [0.1, 0.15) is 11.6 Å². The van der Waals surface area contributed by atoms with Crippen LogP contribution < -0.4 is 0 Å². The Labute approximate surface area is 143 Å². The van der Waals surface area contributed by atoms with Gasteiger partial charge in [0.2, 0.25) is 0 Å². The van der Waals surface area contributed by atoms with Gasteiger partial charge in [0.25, 0.3) is 0 Å². The van der Waals surface area contributed by atoms with Crippen LogP contribution in [0.25, 0.3) is 0 Å². The van der Waals surface area contributed by atoms with E-state index in [4.69, 9.17) is 0 Å². The SMILES string of the molecule is C[C@@]12C(=O)[C@@]34CCC[C@H]3[C@@H]1[C@H]1[C@H]3[C@@H]5[C@H]6CCC[C@@]6(C(=O)[C@@]5(C)[C@@H]14)[C@H]32. The van der Waals surface area contributed by atoms with Gasteiger partial charge < -0.3 is 0 Å². The van der Waals surface area contributed by atoms with E-state index in [0.717, 1.165) is 24.7 Å². The lowest BCUT2D eigenvalue weighted by atomic mass is 9.48. The first-order chi connectivity index (χ1) is 11.5. The topological polar surface area (TPSA) is 34.1 Å². The minimum absolute atomic E-state index is 0.0590. The molecular formula is C22H26O2. The molecule has 2 nitrogen and oxygen atoms in total. The summed E-state index contributed by atoms with van der Waals surface area (Å²) < 4.78 is 0. The number of rotatable bonds is 0. The lowest BCUT2D eigenvalue weighted by Gasteiger charge is -2.53. The van der Waals surface area contributed by atoms with Crippen molar-refractivity contribution in [3.05, 3.63) is 0 Å². The quantitative estimate of drug-likeness (QED) is 0.684. The average molecular weight is 322 g/mol. The number of carbonyl (C=O) groups is 2. The fourth-order valence-corrected chi connectivity index (χ4v) is 12.8. The summed E-state index contributed by atoms with van der Waals surface area (Å²) in [6.45, 7) is 4.71. The van der Waals surface area contributed by atoms with Crippen LogP contribution >= 0.6 is 0 Å². The molecule has 8 fully saturated rings. The van der Waals surface area contributed by atoms with Gasteiger partial charge in [-0.05, 0) is 73.0 Å². The summed E-state index contributed by atoms with van der Waals surface area (Å²) in [5.41, 5.74) is -0.357. The summed E-state index contributed by atoms with van der Waals surface area (Å²) in [5.74, 6) is 6.32. The number of hydrogen-bond donors (Lipinski definition) is 0. The van der Waals surface area contributed by atoms with Gasteiger partial charge in [0.05, 0.1) is 0 Å². The van der Waals surface area contributed by atoms with Crippen molar-refractivity contribution < 1.29 is 9.59 Å². The van der Waals surface area contributed by atoms with Crippen LogP contribution in [-0.2, 0) is 9.59 Å². The van der Waals surface area contributed by atoms with Crippen LogP contribution in [0.2, 0.25) is 0 Å². The fourth-order valence-electron chi connectivity index (χ4n) is 12.8. The zero-order chi connectivity index (χ0) is 16.0. The van der Waals surface area contributed by atoms with Crippen molar-refractivity contribution in [3.63, 3.8) is 0 Å². The van der Waals surface area contributed by atoms with E-state index in [-0.39, 0.29) is 21.7 Å². The van der Waals surface area contributed by atoms with E-state index >= 15 is 0 Å². The van der Waals surface area contributed by atoms with E-state index in [0.29, 0.717) is 47.1 Å². The molecule has 0 amide bonds. The first-order valence-corrected chi connectivity index (χ1v) is 10.6. The molecule has 8 rings (SSSR count). The highest BCUT2D eigenvalue weighted by molar-refractivity contribution is 6.05. The molecule has 0 unspecified atom stereocenters. The number of carbonyl (C=O) groups excluding carboxylic acids is 2. The number of hydrogen-bond acceptors (Lipinski definition) is 2. The van der Waals surface area contributed by atoms with Gasteiger partial charge in [-0.25, -0.2) is 0 Å². The molecule has 0 aromatic rings. The Balaban J connectivity index is 1.55. The zero-order valence-corrected chi connectivity index (χ0v) is 14.7. The van der Waals surface area contributed by atoms with Crippen molar-refractivity contribution in [2.45, 2.75) is 52.4 Å². The van der Waals surface area contributed by atoms with Gasteiger partial charge in [0, 0.05) is 21.7 Å². The van der Waals surface area contributed by atoms with Gasteiger partial charge in [0.15, 0.2) is 0 Å². The molecule has 0 aliphatic heterocycles. The summed E-state index contributed by atoms with van der Waals surface area (Å²) in [4.78, 5) is 28.0. The molecule has 0 radical (unpaired) electrons. The van der Waals surface area contributed by atoms with Crippen LogP contribution in [0.3, 0.4) is 0 Å². The van der Waals surface area contributed by atoms with Crippen molar-refractivity contribution in [1.29, 1.82) is 0 Å². The first kappa shape index (κ1) is 12.7. The maximum Gasteiger partial charge on any atom is 0.146 e. The van der Waals surface area contributed by atoms with Crippen LogP contribution in [-0.4, -0.2) is 11.6 Å². The zero-order valence-electron chi connectivity index (χ0n) is 14.7. The van der Waals surface area contributed by atoms with E-state index < -0.39 is 0 Å². The third kappa shape index (κ3) is 0.687. The maximum atomic E-state index is 14.0. The molecule has 12 atom stereocenters. The summed E-state index contributed by atoms with van der Waals surface area (Å²) in [5, 5.41) is 0. The number of ketones is 2. The molecule has 8 saturated carbocycles. The molecule has 8 aliphatic rings. The van der Waals surface area contributed by atoms with Gasteiger partial charge in [-0.15, -0.1) is 0 Å². The summed E-state index contributed by atoms with van der Waals surface area (Å²) in [6.07, 6.45) is 7.29. The lowest BCUT2D eigenvalue weighted by Crippen LogP contribution is -2.59. The Morgan fingerprint density at radius 2 is 1.17 bits per heavy atom. The molecule has 0 saturated heterocycles. The molecule has 0 N–H and O–H groups in total. The first-order valence-electron chi connectivity index (χ1n) is 10.6. The van der Waals surface area contributed by atoms with Crippen LogP contribution in [0, 0.1) is 69.0 Å². The third-order valence-corrected chi connectivity index (χ3v) is 12.1. The average Bonchev–Trinajstić information content (AvgIpc) is 3.29. The molecule has 0 heterocycles. The molecule has 2 heteroatoms. The molecular weight excluding hydrogens is 296 g/mol. The van der Waals surface area contributed by atoms with E-state index in [2.05, 4.69) is 13.8 Å². The van der Waals surface area contributed by atoms with E-state index in [1.807, 2.05) is 0 Å². The molecule has 126 valence electrons. The van der Waals surface area contributed by atoms with Crippen LogP contribution in [0.4, 0.5) is 0 Å². The summed E-state index contributed by atoms with van der Waals surface area (Å²) in [6, 6.07) is 0. The second-order valence-electron chi connectivity index (χ2n) is 11.5. The monoisotopic (exact) mass is 322 g/mol. The van der Waals surface area contributed by atoms with Gasteiger partial charge in [-0.2, -0.15) is 0 Å². The second kappa shape index (κ2) is 2.89. The highest BCUT2D eigenvalue weighted by atomic mass is 16.1. The Hall–Kier alpha value is -0.660. The Morgan fingerprint density at radius 3 is 1.58 bits per heavy atom. The Bertz CT molecular complexity index is 734. The lowest BCUT2D eigenvalue weighted by molar-refractivity contribution is -0.163. The maximum absolute atomic E-state index is 14.0. The predicted octanol–water partition coefficient (Wildman–Crippen LogP) is 3.49. The molecule has 0 aromatic heterocycles. The van der Waals surface area contributed by atoms with Crippen LogP contribution in [0.5, 0.6) is 0 Å². The predicted molar refractivity (Wildman–Crippen MR) is 86.7 cm³/mol. The highest BCUT2D eigenvalue weighted by Crippen LogP contribution is 2.97. The molecule has 24 heavy (non-hydrogen) atoms. The standard InChI is InChI=1S/C22H26O2/c1-19-13-9-5-3-8-22(9,17(19)23)16-11(13)12-14-10-6-4-7-21(10,15(12)19)18(24)20(14,16)2/h9-16H,3-8H2,1-2H3/t9-,10+,11+,12-,13+,14-,15-,16-,19-,20-,21+,22+/m1/s1. The van der Waals surface area contributed by atoms with Gasteiger partial charge >= 0.3 is 0 Å². The molecule has 8 aliphatic carbocycles. The van der Waals surface area contributed by atoms with Gasteiger partial charge in [-0.1, -0.05) is 26.7 Å². The minimum Gasteiger partial charge on any atom is -0.298 e. The van der Waals surface area contributed by atoms with E-state index in [9.17, 15) is 9.59 Å². The van der Waals surface area contributed by atoms with Crippen molar-refractivity contribution in [3.8, 4) is 0 Å². The minimum atomic E-state index is -0.119. The largest absolute Gasteiger partial charge is 0.298 e. The highest BCUT2D eigenvalue weighted by Gasteiger charge is 2.98. The number of fused-ring (bicyclic) bond motifs is 2. The van der Waals surface area contributed by atoms with Crippen molar-refractivity contribution in [2.75, 3.05) is 0 Å². The van der Waals surface area contributed by atoms with Crippen LogP contribution in [0.15, 0.2) is 0 Å². The normalized spacial score (nSPS) is 77.4. The van der Waals surface area contributed by atoms with E-state index in [1.54, 1.807) is 0 Å². The van der Waals surface area contributed by atoms with Crippen molar-refractivity contribution in [2.24, 2.45) is 69.0 Å². The smallest absolute Gasteiger partial charge is 0.146 e.